The van der Waals surface area contributed by atoms with E-state index >= 15 is 0 Å². The largest absolute Gasteiger partial charge is 0.460 e. The van der Waals surface area contributed by atoms with E-state index in [2.05, 4.69) is 0 Å². The Morgan fingerprint density at radius 2 is 2.05 bits per heavy atom. The quantitative estimate of drug-likeness (QED) is 0.785. The predicted octanol–water partition coefficient (Wildman–Crippen LogP) is 3.16. The summed E-state index contributed by atoms with van der Waals surface area (Å²) in [5.41, 5.74) is 0.525. The van der Waals surface area contributed by atoms with Crippen molar-refractivity contribution in [3.05, 3.63) is 29.8 Å². The lowest BCUT2D eigenvalue weighted by Gasteiger charge is -2.18. The summed E-state index contributed by atoms with van der Waals surface area (Å²) in [5.74, 6) is 1.26. The summed E-state index contributed by atoms with van der Waals surface area (Å²) < 4.78 is 15.7. The molecule has 1 aromatic carbocycles. The Kier molecular flexibility index (Phi) is 3.79. The van der Waals surface area contributed by atoms with Gasteiger partial charge in [0.1, 0.15) is 5.60 Å². The minimum atomic E-state index is -0.441. The Labute approximate surface area is 113 Å². The molecular weight excluding hydrogens is 244 g/mol. The van der Waals surface area contributed by atoms with Crippen molar-refractivity contribution in [1.29, 1.82) is 0 Å². The van der Waals surface area contributed by atoms with Crippen LogP contribution in [0, 0.1) is 0 Å². The molecule has 2 rings (SSSR count). The zero-order chi connectivity index (χ0) is 13.9. The fourth-order valence-corrected chi connectivity index (χ4v) is 1.69. The highest BCUT2D eigenvalue weighted by molar-refractivity contribution is 5.73. The number of fused-ring (bicyclic) bond motifs is 1. The number of carbonyl (C=O) groups is 1. The molecular formula is C15H18O4. The number of hydrogen-bond donors (Lipinski definition) is 0. The van der Waals surface area contributed by atoms with Gasteiger partial charge < -0.3 is 14.2 Å². The maximum atomic E-state index is 11.5. The minimum absolute atomic E-state index is 0.232. The van der Waals surface area contributed by atoms with Crippen molar-refractivity contribution in [3.63, 3.8) is 0 Å². The summed E-state index contributed by atoms with van der Waals surface area (Å²) >= 11 is 0. The molecule has 0 unspecified atom stereocenters. The zero-order valence-electron chi connectivity index (χ0n) is 11.4. The zero-order valence-corrected chi connectivity index (χ0v) is 11.4. The molecule has 0 aromatic heterocycles. The fourth-order valence-electron chi connectivity index (χ4n) is 1.69. The van der Waals surface area contributed by atoms with Crippen LogP contribution in [0.4, 0.5) is 0 Å². The van der Waals surface area contributed by atoms with Crippen LogP contribution in [0.15, 0.2) is 24.3 Å². The predicted molar refractivity (Wildman–Crippen MR) is 72.1 cm³/mol. The first-order valence-electron chi connectivity index (χ1n) is 6.22. The molecule has 0 spiro atoms. The molecule has 0 amide bonds. The summed E-state index contributed by atoms with van der Waals surface area (Å²) in [4.78, 5) is 11.5. The minimum Gasteiger partial charge on any atom is -0.460 e. The number of rotatable bonds is 3. The van der Waals surface area contributed by atoms with E-state index in [0.717, 1.165) is 17.1 Å². The van der Waals surface area contributed by atoms with Gasteiger partial charge in [-0.3, -0.25) is 4.79 Å². The average Bonchev–Trinajstić information content (AvgIpc) is 2.73. The Morgan fingerprint density at radius 3 is 2.79 bits per heavy atom. The molecule has 102 valence electrons. The van der Waals surface area contributed by atoms with Gasteiger partial charge in [0, 0.05) is 0 Å². The van der Waals surface area contributed by atoms with E-state index in [0.29, 0.717) is 0 Å². The highest BCUT2D eigenvalue weighted by atomic mass is 16.7. The number of benzene rings is 1. The third-order valence-corrected chi connectivity index (χ3v) is 2.41. The van der Waals surface area contributed by atoms with E-state index in [-0.39, 0.29) is 19.2 Å². The van der Waals surface area contributed by atoms with Crippen LogP contribution >= 0.6 is 0 Å². The highest BCUT2D eigenvalue weighted by Crippen LogP contribution is 2.32. The van der Waals surface area contributed by atoms with E-state index in [9.17, 15) is 4.79 Å². The van der Waals surface area contributed by atoms with Crippen LogP contribution in [0.5, 0.6) is 11.5 Å². The summed E-state index contributed by atoms with van der Waals surface area (Å²) in [6, 6.07) is 5.66. The molecule has 19 heavy (non-hydrogen) atoms. The van der Waals surface area contributed by atoms with Gasteiger partial charge in [0.05, 0.1) is 6.42 Å². The molecule has 0 saturated carbocycles. The number of carbonyl (C=O) groups excluding carboxylic acids is 1. The second-order valence-electron chi connectivity index (χ2n) is 5.31. The molecule has 0 aliphatic carbocycles. The Balaban J connectivity index is 1.91. The molecule has 4 nitrogen and oxygen atoms in total. The Hall–Kier alpha value is -1.97. The first kappa shape index (κ1) is 13.5. The summed E-state index contributed by atoms with van der Waals surface area (Å²) in [7, 11) is 0. The Morgan fingerprint density at radius 1 is 1.32 bits per heavy atom. The van der Waals surface area contributed by atoms with Crippen LogP contribution in [0.2, 0.25) is 0 Å². The standard InChI is InChI=1S/C15H18O4/c1-15(2,3)19-14(16)6-4-5-11-7-8-12-13(9-11)18-10-17-12/h4-5,7-9H,6,10H2,1-3H3/b5-4+. The van der Waals surface area contributed by atoms with Crippen LogP contribution < -0.4 is 9.47 Å². The Bertz CT molecular complexity index is 497. The normalized spacial score (nSPS) is 13.8. The van der Waals surface area contributed by atoms with Crippen molar-refractivity contribution >= 4 is 12.0 Å². The van der Waals surface area contributed by atoms with E-state index in [1.54, 1.807) is 6.08 Å². The molecule has 0 saturated heterocycles. The molecule has 0 N–H and O–H groups in total. The molecule has 0 radical (unpaired) electrons. The fraction of sp³-hybridized carbons (Fsp3) is 0.400. The highest BCUT2D eigenvalue weighted by Gasteiger charge is 2.15. The van der Waals surface area contributed by atoms with Crippen LogP contribution in [-0.4, -0.2) is 18.4 Å². The van der Waals surface area contributed by atoms with E-state index < -0.39 is 5.60 Å². The SMILES string of the molecule is CC(C)(C)OC(=O)C/C=C/c1ccc2c(c1)OCO2. The number of ether oxygens (including phenoxy) is 3. The topological polar surface area (TPSA) is 44.8 Å². The molecule has 4 heteroatoms. The average molecular weight is 262 g/mol. The lowest BCUT2D eigenvalue weighted by molar-refractivity contribution is -0.153. The van der Waals surface area contributed by atoms with Crippen molar-refractivity contribution < 1.29 is 19.0 Å². The second-order valence-corrected chi connectivity index (χ2v) is 5.31. The van der Waals surface area contributed by atoms with Crippen LogP contribution in [0.1, 0.15) is 32.8 Å². The molecule has 1 aromatic rings. The van der Waals surface area contributed by atoms with Gasteiger partial charge in [-0.15, -0.1) is 0 Å². The van der Waals surface area contributed by atoms with Gasteiger partial charge in [0.25, 0.3) is 0 Å². The molecule has 1 aliphatic heterocycles. The van der Waals surface area contributed by atoms with Crippen molar-refractivity contribution in [2.45, 2.75) is 32.8 Å². The number of hydrogen-bond acceptors (Lipinski definition) is 4. The molecule has 0 bridgehead atoms. The van der Waals surface area contributed by atoms with E-state index in [4.69, 9.17) is 14.2 Å². The van der Waals surface area contributed by atoms with Gasteiger partial charge in [-0.1, -0.05) is 18.2 Å². The van der Waals surface area contributed by atoms with Crippen LogP contribution in [0.25, 0.3) is 6.08 Å². The smallest absolute Gasteiger partial charge is 0.310 e. The summed E-state index contributed by atoms with van der Waals surface area (Å²) in [5, 5.41) is 0. The van der Waals surface area contributed by atoms with Crippen molar-refractivity contribution in [3.8, 4) is 11.5 Å². The van der Waals surface area contributed by atoms with Gasteiger partial charge >= 0.3 is 5.97 Å². The summed E-state index contributed by atoms with van der Waals surface area (Å²) in [6.07, 6.45) is 3.91. The van der Waals surface area contributed by atoms with Crippen molar-refractivity contribution in [2.75, 3.05) is 6.79 Å². The monoisotopic (exact) mass is 262 g/mol. The third kappa shape index (κ3) is 4.02. The van der Waals surface area contributed by atoms with Gasteiger partial charge in [-0.05, 0) is 38.5 Å². The molecule has 1 aliphatic rings. The van der Waals surface area contributed by atoms with Crippen molar-refractivity contribution in [1.82, 2.24) is 0 Å². The molecule has 0 atom stereocenters. The van der Waals surface area contributed by atoms with Crippen molar-refractivity contribution in [2.24, 2.45) is 0 Å². The second kappa shape index (κ2) is 5.34. The van der Waals surface area contributed by atoms with E-state index in [1.165, 1.54) is 0 Å². The summed E-state index contributed by atoms with van der Waals surface area (Å²) in [6.45, 7) is 5.83. The lowest BCUT2D eigenvalue weighted by Crippen LogP contribution is -2.23. The van der Waals surface area contributed by atoms with Gasteiger partial charge in [-0.25, -0.2) is 0 Å². The van der Waals surface area contributed by atoms with Gasteiger partial charge in [0.2, 0.25) is 6.79 Å². The van der Waals surface area contributed by atoms with Crippen LogP contribution in [0.3, 0.4) is 0 Å². The van der Waals surface area contributed by atoms with E-state index in [1.807, 2.05) is 45.0 Å². The molecule has 1 heterocycles. The van der Waals surface area contributed by atoms with Gasteiger partial charge in [0.15, 0.2) is 11.5 Å². The maximum Gasteiger partial charge on any atom is 0.310 e. The third-order valence-electron chi connectivity index (χ3n) is 2.41. The number of esters is 1. The first-order chi connectivity index (χ1) is 8.94. The first-order valence-corrected chi connectivity index (χ1v) is 6.22. The van der Waals surface area contributed by atoms with Crippen LogP contribution in [-0.2, 0) is 9.53 Å². The van der Waals surface area contributed by atoms with Gasteiger partial charge in [-0.2, -0.15) is 0 Å². The molecule has 0 fully saturated rings. The maximum absolute atomic E-state index is 11.5. The lowest BCUT2D eigenvalue weighted by atomic mass is 10.1.